The van der Waals surface area contributed by atoms with E-state index in [2.05, 4.69) is 27.7 Å². The van der Waals surface area contributed by atoms with Gasteiger partial charge in [0.05, 0.1) is 25.4 Å². The first-order valence-electron chi connectivity index (χ1n) is 11.1. The first kappa shape index (κ1) is 27.1. The molecule has 154 valence electrons. The molecular formula is C22H48O3. The second-order valence-corrected chi connectivity index (χ2v) is 7.10. The van der Waals surface area contributed by atoms with Crippen molar-refractivity contribution < 1.29 is 14.9 Å². The van der Waals surface area contributed by atoms with Gasteiger partial charge in [-0.2, -0.15) is 0 Å². The van der Waals surface area contributed by atoms with E-state index in [0.29, 0.717) is 12.2 Å². The molecule has 2 unspecified atom stereocenters. The van der Waals surface area contributed by atoms with E-state index >= 15 is 0 Å². The zero-order chi connectivity index (χ0) is 19.2. The summed E-state index contributed by atoms with van der Waals surface area (Å²) < 4.78 is 6.49. The third-order valence-corrected chi connectivity index (χ3v) is 4.47. The summed E-state index contributed by atoms with van der Waals surface area (Å²) in [6.07, 6.45) is 19.5. The fourth-order valence-corrected chi connectivity index (χ4v) is 3.07. The maximum Gasteiger partial charge on any atom is 0.0662 e. The van der Waals surface area contributed by atoms with Gasteiger partial charge in [-0.3, -0.25) is 0 Å². The molecule has 0 saturated carbocycles. The van der Waals surface area contributed by atoms with Crippen LogP contribution in [0.3, 0.4) is 0 Å². The van der Waals surface area contributed by atoms with Gasteiger partial charge in [0.2, 0.25) is 0 Å². The van der Waals surface area contributed by atoms with Gasteiger partial charge in [0.1, 0.15) is 0 Å². The minimum atomic E-state index is -0.125. The average Bonchev–Trinajstić information content (AvgIpc) is 2.62. The maximum absolute atomic E-state index is 7.62. The van der Waals surface area contributed by atoms with Crippen LogP contribution in [0.5, 0.6) is 0 Å². The summed E-state index contributed by atoms with van der Waals surface area (Å²) in [5.74, 6) is 0. The normalized spacial score (nSPS) is 13.2. The zero-order valence-corrected chi connectivity index (χ0v) is 17.8. The molecule has 3 nitrogen and oxygen atoms in total. The fraction of sp³-hybridized carbons (Fsp3) is 1.00. The molecule has 2 N–H and O–H groups in total. The predicted octanol–water partition coefficient (Wildman–Crippen LogP) is 6.25. The van der Waals surface area contributed by atoms with Crippen LogP contribution in [-0.2, 0) is 4.74 Å². The van der Waals surface area contributed by atoms with E-state index in [4.69, 9.17) is 14.9 Å². The summed E-state index contributed by atoms with van der Waals surface area (Å²) in [6, 6.07) is 0. The van der Waals surface area contributed by atoms with Crippen LogP contribution < -0.4 is 0 Å². The SMILES string of the molecule is CCCCCCC(CCC)OC(CCC)CCCCCC.OCCO. The molecule has 2 atom stereocenters. The van der Waals surface area contributed by atoms with Gasteiger partial charge in [0.25, 0.3) is 0 Å². The summed E-state index contributed by atoms with van der Waals surface area (Å²) >= 11 is 0. The molecule has 0 aromatic heterocycles. The Hall–Kier alpha value is -0.120. The van der Waals surface area contributed by atoms with Crippen molar-refractivity contribution in [1.29, 1.82) is 0 Å². The molecule has 0 spiro atoms. The van der Waals surface area contributed by atoms with E-state index in [1.165, 1.54) is 89.9 Å². The zero-order valence-electron chi connectivity index (χ0n) is 17.8. The monoisotopic (exact) mass is 360 g/mol. The second-order valence-electron chi connectivity index (χ2n) is 7.10. The highest BCUT2D eigenvalue weighted by Gasteiger charge is 2.15. The van der Waals surface area contributed by atoms with Crippen LogP contribution in [0.15, 0.2) is 0 Å². The minimum absolute atomic E-state index is 0.125. The molecule has 0 bridgehead atoms. The standard InChI is InChI=1S/C20H42O.C2H6O2/c1-5-9-11-13-17-19(15-7-3)21-20(16-8-4)18-14-12-10-6-2;3-1-2-4/h19-20H,5-18H2,1-4H3;3-4H,1-2H2. The Bertz CT molecular complexity index is 199. The van der Waals surface area contributed by atoms with Crippen LogP contribution in [-0.4, -0.2) is 35.6 Å². The molecule has 25 heavy (non-hydrogen) atoms. The van der Waals surface area contributed by atoms with Crippen LogP contribution in [0.2, 0.25) is 0 Å². The molecule has 0 amide bonds. The van der Waals surface area contributed by atoms with Crippen LogP contribution in [0.4, 0.5) is 0 Å². The minimum Gasteiger partial charge on any atom is -0.394 e. The van der Waals surface area contributed by atoms with Gasteiger partial charge in [0.15, 0.2) is 0 Å². The Morgan fingerprint density at radius 3 is 1.20 bits per heavy atom. The van der Waals surface area contributed by atoms with Crippen LogP contribution in [0.25, 0.3) is 0 Å². The fourth-order valence-electron chi connectivity index (χ4n) is 3.07. The summed E-state index contributed by atoms with van der Waals surface area (Å²) in [7, 11) is 0. The smallest absolute Gasteiger partial charge is 0.0662 e. The van der Waals surface area contributed by atoms with Crippen LogP contribution >= 0.6 is 0 Å². The molecule has 0 aliphatic carbocycles. The quantitative estimate of drug-likeness (QED) is 0.301. The second kappa shape index (κ2) is 23.9. The Labute approximate surface area is 158 Å². The first-order chi connectivity index (χ1) is 12.2. The molecule has 0 aliphatic heterocycles. The number of unbranched alkanes of at least 4 members (excludes halogenated alkanes) is 6. The lowest BCUT2D eigenvalue weighted by atomic mass is 10.0. The summed E-state index contributed by atoms with van der Waals surface area (Å²) in [6.45, 7) is 8.90. The summed E-state index contributed by atoms with van der Waals surface area (Å²) in [4.78, 5) is 0. The number of rotatable bonds is 17. The first-order valence-corrected chi connectivity index (χ1v) is 11.1. The Morgan fingerprint density at radius 2 is 0.920 bits per heavy atom. The number of hydrogen-bond donors (Lipinski definition) is 2. The average molecular weight is 361 g/mol. The van der Waals surface area contributed by atoms with E-state index in [1.54, 1.807) is 0 Å². The van der Waals surface area contributed by atoms with E-state index in [1.807, 2.05) is 0 Å². The van der Waals surface area contributed by atoms with Crippen molar-refractivity contribution in [3.63, 3.8) is 0 Å². The van der Waals surface area contributed by atoms with Crippen LogP contribution in [0, 0.1) is 0 Å². The van der Waals surface area contributed by atoms with E-state index in [0.717, 1.165) is 0 Å². The highest BCUT2D eigenvalue weighted by Crippen LogP contribution is 2.20. The van der Waals surface area contributed by atoms with Gasteiger partial charge in [0, 0.05) is 0 Å². The predicted molar refractivity (Wildman–Crippen MR) is 110 cm³/mol. The molecule has 0 aromatic carbocycles. The molecule has 0 saturated heterocycles. The van der Waals surface area contributed by atoms with Gasteiger partial charge in [-0.15, -0.1) is 0 Å². The van der Waals surface area contributed by atoms with Gasteiger partial charge in [-0.05, 0) is 25.7 Å². The Kier molecular flexibility index (Phi) is 25.9. The topological polar surface area (TPSA) is 49.7 Å². The molecule has 0 aliphatic rings. The molecule has 0 heterocycles. The lowest BCUT2D eigenvalue weighted by Gasteiger charge is -2.25. The molecular weight excluding hydrogens is 312 g/mol. The molecule has 0 radical (unpaired) electrons. The van der Waals surface area contributed by atoms with Gasteiger partial charge in [-0.25, -0.2) is 0 Å². The van der Waals surface area contributed by atoms with Crippen molar-refractivity contribution in [3.05, 3.63) is 0 Å². The van der Waals surface area contributed by atoms with Gasteiger partial charge in [-0.1, -0.05) is 91.9 Å². The van der Waals surface area contributed by atoms with E-state index < -0.39 is 0 Å². The van der Waals surface area contributed by atoms with Crippen LogP contribution in [0.1, 0.15) is 118 Å². The van der Waals surface area contributed by atoms with Crippen molar-refractivity contribution in [2.75, 3.05) is 13.2 Å². The number of aliphatic hydroxyl groups is 2. The van der Waals surface area contributed by atoms with Crippen molar-refractivity contribution >= 4 is 0 Å². The molecule has 3 heteroatoms. The Morgan fingerprint density at radius 1 is 0.520 bits per heavy atom. The van der Waals surface area contributed by atoms with Gasteiger partial charge >= 0.3 is 0 Å². The number of aliphatic hydroxyl groups excluding tert-OH is 2. The van der Waals surface area contributed by atoms with Crippen molar-refractivity contribution in [3.8, 4) is 0 Å². The summed E-state index contributed by atoms with van der Waals surface area (Å²) in [5.41, 5.74) is 0. The molecule has 0 rings (SSSR count). The van der Waals surface area contributed by atoms with E-state index in [9.17, 15) is 0 Å². The van der Waals surface area contributed by atoms with Gasteiger partial charge < -0.3 is 14.9 Å². The third-order valence-electron chi connectivity index (χ3n) is 4.47. The molecule has 0 aromatic rings. The number of hydrogen-bond acceptors (Lipinski definition) is 3. The van der Waals surface area contributed by atoms with Crippen molar-refractivity contribution in [1.82, 2.24) is 0 Å². The van der Waals surface area contributed by atoms with E-state index in [-0.39, 0.29) is 13.2 Å². The third kappa shape index (κ3) is 21.8. The van der Waals surface area contributed by atoms with Crippen molar-refractivity contribution in [2.24, 2.45) is 0 Å². The Balaban J connectivity index is 0. The lowest BCUT2D eigenvalue weighted by molar-refractivity contribution is -0.0308. The largest absolute Gasteiger partial charge is 0.394 e. The molecule has 0 fully saturated rings. The lowest BCUT2D eigenvalue weighted by Crippen LogP contribution is -2.22. The number of ether oxygens (including phenoxy) is 1. The summed E-state index contributed by atoms with van der Waals surface area (Å²) in [5, 5.41) is 15.2. The highest BCUT2D eigenvalue weighted by molar-refractivity contribution is 4.65. The van der Waals surface area contributed by atoms with Crippen molar-refractivity contribution in [2.45, 2.75) is 130 Å². The highest BCUT2D eigenvalue weighted by atomic mass is 16.5. The maximum atomic E-state index is 7.62.